The summed E-state index contributed by atoms with van der Waals surface area (Å²) in [5.74, 6) is -0.00302. The van der Waals surface area contributed by atoms with E-state index in [0.29, 0.717) is 18.0 Å². The second-order valence-electron chi connectivity index (χ2n) is 5.23. The van der Waals surface area contributed by atoms with E-state index in [9.17, 15) is 13.2 Å². The average molecular weight is 298 g/mol. The smallest absolute Gasteiger partial charge is 0.242 e. The predicted octanol–water partition coefficient (Wildman–Crippen LogP) is 1.39. The van der Waals surface area contributed by atoms with Gasteiger partial charge in [0.15, 0.2) is 0 Å². The molecule has 0 spiro atoms. The first kappa shape index (κ1) is 16.7. The fraction of sp³-hybridized carbons (Fsp3) is 0.500. The van der Waals surface area contributed by atoms with Gasteiger partial charge in [0.05, 0.1) is 6.26 Å². The Bertz CT molecular complexity index is 541. The molecule has 0 aliphatic heterocycles. The van der Waals surface area contributed by atoms with Gasteiger partial charge in [-0.25, -0.2) is 8.42 Å². The van der Waals surface area contributed by atoms with E-state index in [2.05, 4.69) is 5.32 Å². The SMILES string of the molecule is CC(C)CNC(=O)C(c1ccccc1)N(C)S(C)(=O)=O. The highest BCUT2D eigenvalue weighted by molar-refractivity contribution is 7.88. The van der Waals surface area contributed by atoms with E-state index < -0.39 is 16.1 Å². The zero-order valence-corrected chi connectivity index (χ0v) is 13.1. The normalized spacial score (nSPS) is 13.5. The van der Waals surface area contributed by atoms with Crippen LogP contribution in [0.15, 0.2) is 30.3 Å². The van der Waals surface area contributed by atoms with Crippen LogP contribution in [0.2, 0.25) is 0 Å². The number of carbonyl (C=O) groups excluding carboxylic acids is 1. The monoisotopic (exact) mass is 298 g/mol. The highest BCUT2D eigenvalue weighted by atomic mass is 32.2. The molecule has 0 aromatic heterocycles. The molecule has 0 heterocycles. The van der Waals surface area contributed by atoms with Crippen LogP contribution in [0.4, 0.5) is 0 Å². The molecule has 1 unspecified atom stereocenters. The van der Waals surface area contributed by atoms with E-state index in [1.54, 1.807) is 24.3 Å². The number of amides is 1. The van der Waals surface area contributed by atoms with Crippen molar-refractivity contribution in [3.05, 3.63) is 35.9 Å². The van der Waals surface area contributed by atoms with Gasteiger partial charge in [0, 0.05) is 13.6 Å². The van der Waals surface area contributed by atoms with Crippen molar-refractivity contribution in [2.45, 2.75) is 19.9 Å². The molecular weight excluding hydrogens is 276 g/mol. The minimum atomic E-state index is -3.46. The Hall–Kier alpha value is -1.40. The fourth-order valence-electron chi connectivity index (χ4n) is 1.75. The van der Waals surface area contributed by atoms with Gasteiger partial charge in [0.1, 0.15) is 6.04 Å². The summed E-state index contributed by atoms with van der Waals surface area (Å²) in [6.07, 6.45) is 1.10. The highest BCUT2D eigenvalue weighted by Crippen LogP contribution is 2.21. The molecule has 1 N–H and O–H groups in total. The minimum absolute atomic E-state index is 0.305. The van der Waals surface area contributed by atoms with Gasteiger partial charge in [-0.2, -0.15) is 4.31 Å². The molecule has 0 saturated heterocycles. The summed E-state index contributed by atoms with van der Waals surface area (Å²) in [6.45, 7) is 4.48. The second kappa shape index (κ2) is 6.85. The van der Waals surface area contributed by atoms with Gasteiger partial charge in [-0.3, -0.25) is 4.79 Å². The van der Waals surface area contributed by atoms with Crippen molar-refractivity contribution in [3.8, 4) is 0 Å². The van der Waals surface area contributed by atoms with E-state index >= 15 is 0 Å². The van der Waals surface area contributed by atoms with Gasteiger partial charge in [-0.05, 0) is 11.5 Å². The zero-order valence-electron chi connectivity index (χ0n) is 12.3. The number of benzene rings is 1. The molecular formula is C14H22N2O3S. The lowest BCUT2D eigenvalue weighted by Crippen LogP contribution is -2.42. The Labute approximate surface area is 121 Å². The van der Waals surface area contributed by atoms with Crippen LogP contribution in [0.1, 0.15) is 25.5 Å². The summed E-state index contributed by atoms with van der Waals surface area (Å²) in [4.78, 5) is 12.3. The van der Waals surface area contributed by atoms with E-state index in [1.165, 1.54) is 7.05 Å². The molecule has 0 radical (unpaired) electrons. The molecule has 1 aromatic carbocycles. The molecule has 0 aliphatic carbocycles. The number of hydrogen-bond donors (Lipinski definition) is 1. The summed E-state index contributed by atoms with van der Waals surface area (Å²) in [6, 6.07) is 8.06. The summed E-state index contributed by atoms with van der Waals surface area (Å²) in [5.41, 5.74) is 0.654. The number of sulfonamides is 1. The van der Waals surface area contributed by atoms with E-state index in [0.717, 1.165) is 10.6 Å². The molecule has 1 atom stereocenters. The van der Waals surface area contributed by atoms with Crippen LogP contribution < -0.4 is 5.32 Å². The zero-order chi connectivity index (χ0) is 15.3. The van der Waals surface area contributed by atoms with Crippen LogP contribution >= 0.6 is 0 Å². The molecule has 5 nitrogen and oxygen atoms in total. The predicted molar refractivity (Wildman–Crippen MR) is 79.6 cm³/mol. The lowest BCUT2D eigenvalue weighted by Gasteiger charge is -2.26. The molecule has 6 heteroatoms. The van der Waals surface area contributed by atoms with Crippen LogP contribution in [-0.2, 0) is 14.8 Å². The van der Waals surface area contributed by atoms with E-state index in [4.69, 9.17) is 0 Å². The Kier molecular flexibility index (Phi) is 5.71. The van der Waals surface area contributed by atoms with Crippen LogP contribution in [-0.4, -0.2) is 38.5 Å². The average Bonchev–Trinajstić information content (AvgIpc) is 2.36. The van der Waals surface area contributed by atoms with Gasteiger partial charge in [0.2, 0.25) is 15.9 Å². The third kappa shape index (κ3) is 4.61. The topological polar surface area (TPSA) is 66.5 Å². The third-order valence-corrected chi connectivity index (χ3v) is 4.19. The number of nitrogens with one attached hydrogen (secondary N) is 1. The molecule has 0 saturated carbocycles. The maximum absolute atomic E-state index is 12.3. The third-order valence-electron chi connectivity index (χ3n) is 2.93. The van der Waals surface area contributed by atoms with Crippen LogP contribution in [0.3, 0.4) is 0 Å². The number of hydrogen-bond acceptors (Lipinski definition) is 3. The van der Waals surface area contributed by atoms with Crippen LogP contribution in [0, 0.1) is 5.92 Å². The number of carbonyl (C=O) groups is 1. The van der Waals surface area contributed by atoms with Crippen molar-refractivity contribution in [3.63, 3.8) is 0 Å². The molecule has 112 valence electrons. The molecule has 1 aromatic rings. The van der Waals surface area contributed by atoms with Gasteiger partial charge >= 0.3 is 0 Å². The molecule has 0 aliphatic rings. The lowest BCUT2D eigenvalue weighted by molar-refractivity contribution is -0.124. The Morgan fingerprint density at radius 1 is 1.25 bits per heavy atom. The largest absolute Gasteiger partial charge is 0.354 e. The van der Waals surface area contributed by atoms with E-state index in [1.807, 2.05) is 19.9 Å². The van der Waals surface area contributed by atoms with Gasteiger partial charge in [-0.15, -0.1) is 0 Å². The first-order valence-electron chi connectivity index (χ1n) is 6.49. The summed E-state index contributed by atoms with van der Waals surface area (Å²) >= 11 is 0. The second-order valence-corrected chi connectivity index (χ2v) is 7.27. The first-order valence-corrected chi connectivity index (χ1v) is 8.34. The Morgan fingerprint density at radius 2 is 1.80 bits per heavy atom. The molecule has 1 amide bonds. The minimum Gasteiger partial charge on any atom is -0.354 e. The summed E-state index contributed by atoms with van der Waals surface area (Å²) in [5, 5.41) is 2.79. The van der Waals surface area contributed by atoms with Crippen molar-refractivity contribution in [2.24, 2.45) is 5.92 Å². The maximum atomic E-state index is 12.3. The molecule has 0 bridgehead atoms. The van der Waals surface area contributed by atoms with E-state index in [-0.39, 0.29) is 5.91 Å². The molecule has 0 fully saturated rings. The van der Waals surface area contributed by atoms with Crippen LogP contribution in [0.5, 0.6) is 0 Å². The quantitative estimate of drug-likeness (QED) is 0.863. The van der Waals surface area contributed by atoms with Crippen molar-refractivity contribution in [2.75, 3.05) is 19.8 Å². The lowest BCUT2D eigenvalue weighted by atomic mass is 10.1. The number of nitrogens with zero attached hydrogens (tertiary/aromatic N) is 1. The fourth-order valence-corrected chi connectivity index (χ4v) is 2.36. The van der Waals surface area contributed by atoms with Crippen molar-refractivity contribution in [1.29, 1.82) is 0 Å². The van der Waals surface area contributed by atoms with Crippen molar-refractivity contribution in [1.82, 2.24) is 9.62 Å². The van der Waals surface area contributed by atoms with Crippen molar-refractivity contribution >= 4 is 15.9 Å². The van der Waals surface area contributed by atoms with Gasteiger partial charge < -0.3 is 5.32 Å². The maximum Gasteiger partial charge on any atom is 0.242 e. The number of likely N-dealkylation sites (N-methyl/N-ethyl adjacent to an activating group) is 1. The van der Waals surface area contributed by atoms with Crippen molar-refractivity contribution < 1.29 is 13.2 Å². The summed E-state index contributed by atoms with van der Waals surface area (Å²) < 4.78 is 24.6. The van der Waals surface area contributed by atoms with Crippen LogP contribution in [0.25, 0.3) is 0 Å². The number of rotatable bonds is 6. The Morgan fingerprint density at radius 3 is 2.25 bits per heavy atom. The molecule has 20 heavy (non-hydrogen) atoms. The Balaban J connectivity index is 3.06. The summed E-state index contributed by atoms with van der Waals surface area (Å²) in [7, 11) is -2.04. The highest BCUT2D eigenvalue weighted by Gasteiger charge is 2.30. The first-order chi connectivity index (χ1) is 9.23. The molecule has 1 rings (SSSR count). The standard InChI is InChI=1S/C14H22N2O3S/c1-11(2)10-15-14(17)13(16(3)20(4,18)19)12-8-6-5-7-9-12/h5-9,11,13H,10H2,1-4H3,(H,15,17). The van der Waals surface area contributed by atoms with Gasteiger partial charge in [0.25, 0.3) is 0 Å². The van der Waals surface area contributed by atoms with Gasteiger partial charge in [-0.1, -0.05) is 44.2 Å².